The summed E-state index contributed by atoms with van der Waals surface area (Å²) in [4.78, 5) is 20.4. The SMILES string of the molecule is O=NC(=O)[C@@H](O)c1ccc(O)c(O)c1. The van der Waals surface area contributed by atoms with Crippen LogP contribution in [0.2, 0.25) is 0 Å². The lowest BCUT2D eigenvalue weighted by Gasteiger charge is -2.06. The molecular weight excluding hydrogens is 190 g/mol. The number of carbonyl (C=O) groups excluding carboxylic acids is 1. The molecule has 1 aromatic rings. The summed E-state index contributed by atoms with van der Waals surface area (Å²) in [6.07, 6.45) is -1.71. The molecule has 14 heavy (non-hydrogen) atoms. The Kier molecular flexibility index (Phi) is 2.78. The standard InChI is InChI=1S/C8H7NO5/c10-5-2-1-4(3-6(5)11)7(12)8(13)9-14/h1-3,7,10-12H/t7-/m0/s1. The number of rotatable bonds is 2. The first-order valence-electron chi connectivity index (χ1n) is 3.63. The van der Waals surface area contributed by atoms with Crippen molar-refractivity contribution in [3.63, 3.8) is 0 Å². The third kappa shape index (κ3) is 1.86. The first-order valence-corrected chi connectivity index (χ1v) is 3.63. The molecule has 3 N–H and O–H groups in total. The molecule has 0 saturated heterocycles. The van der Waals surface area contributed by atoms with Crippen LogP contribution in [0, 0.1) is 4.91 Å². The van der Waals surface area contributed by atoms with E-state index in [0.717, 1.165) is 12.1 Å². The van der Waals surface area contributed by atoms with Gasteiger partial charge in [-0.1, -0.05) is 6.07 Å². The Morgan fingerprint density at radius 1 is 1.29 bits per heavy atom. The van der Waals surface area contributed by atoms with Crippen LogP contribution < -0.4 is 0 Å². The number of benzene rings is 1. The number of hydrogen-bond acceptors (Lipinski definition) is 5. The second-order valence-corrected chi connectivity index (χ2v) is 2.58. The summed E-state index contributed by atoms with van der Waals surface area (Å²) in [5.74, 6) is -2.12. The smallest absolute Gasteiger partial charge is 0.319 e. The molecule has 0 bridgehead atoms. The van der Waals surface area contributed by atoms with Gasteiger partial charge in [-0.15, -0.1) is 4.91 Å². The number of hydrogen-bond donors (Lipinski definition) is 3. The molecule has 0 unspecified atom stereocenters. The van der Waals surface area contributed by atoms with Crippen molar-refractivity contribution in [1.82, 2.24) is 0 Å². The molecule has 0 radical (unpaired) electrons. The van der Waals surface area contributed by atoms with Crippen LogP contribution in [0.1, 0.15) is 11.7 Å². The molecule has 0 aliphatic heterocycles. The van der Waals surface area contributed by atoms with Crippen molar-refractivity contribution < 1.29 is 20.1 Å². The van der Waals surface area contributed by atoms with E-state index in [-0.39, 0.29) is 11.3 Å². The maximum Gasteiger partial charge on any atom is 0.319 e. The average molecular weight is 197 g/mol. The van der Waals surface area contributed by atoms with Crippen LogP contribution in [0.3, 0.4) is 0 Å². The highest BCUT2D eigenvalue weighted by atomic mass is 16.3. The fraction of sp³-hybridized carbons (Fsp3) is 0.125. The van der Waals surface area contributed by atoms with Crippen LogP contribution in [-0.4, -0.2) is 21.2 Å². The summed E-state index contributed by atoms with van der Waals surface area (Å²) in [5, 5.41) is 29.1. The minimum Gasteiger partial charge on any atom is -0.504 e. The zero-order valence-corrected chi connectivity index (χ0v) is 6.91. The van der Waals surface area contributed by atoms with Crippen LogP contribution in [0.25, 0.3) is 0 Å². The molecule has 6 nitrogen and oxygen atoms in total. The second kappa shape index (κ2) is 3.84. The summed E-state index contributed by atoms with van der Waals surface area (Å²) < 4.78 is 0. The number of nitrogens with zero attached hydrogens (tertiary/aromatic N) is 1. The van der Waals surface area contributed by atoms with E-state index in [9.17, 15) is 9.70 Å². The fourth-order valence-electron chi connectivity index (χ4n) is 0.903. The third-order valence-corrected chi connectivity index (χ3v) is 1.64. The van der Waals surface area contributed by atoms with Crippen LogP contribution in [0.15, 0.2) is 23.4 Å². The van der Waals surface area contributed by atoms with Crippen molar-refractivity contribution in [2.75, 3.05) is 0 Å². The van der Waals surface area contributed by atoms with Crippen LogP contribution in [0.5, 0.6) is 11.5 Å². The Morgan fingerprint density at radius 3 is 2.43 bits per heavy atom. The average Bonchev–Trinajstić information content (AvgIpc) is 2.20. The first-order chi connectivity index (χ1) is 6.56. The van der Waals surface area contributed by atoms with Gasteiger partial charge in [0.05, 0.1) is 0 Å². The largest absolute Gasteiger partial charge is 0.504 e. The highest BCUT2D eigenvalue weighted by Gasteiger charge is 2.18. The minimum atomic E-state index is -1.71. The molecule has 0 heterocycles. The van der Waals surface area contributed by atoms with E-state index in [4.69, 9.17) is 15.3 Å². The molecule has 1 aromatic carbocycles. The molecule has 74 valence electrons. The molecule has 0 saturated carbocycles. The Hall–Kier alpha value is -1.95. The topological polar surface area (TPSA) is 107 Å². The van der Waals surface area contributed by atoms with E-state index in [1.54, 1.807) is 0 Å². The van der Waals surface area contributed by atoms with Gasteiger partial charge in [0.1, 0.15) is 0 Å². The lowest BCUT2D eigenvalue weighted by Crippen LogP contribution is -2.08. The normalized spacial score (nSPS) is 12.1. The Balaban J connectivity index is 3.02. The summed E-state index contributed by atoms with van der Waals surface area (Å²) in [6, 6.07) is 3.26. The monoisotopic (exact) mass is 197 g/mol. The molecule has 0 aromatic heterocycles. The van der Waals surface area contributed by atoms with Gasteiger partial charge in [-0.3, -0.25) is 4.79 Å². The fourth-order valence-corrected chi connectivity index (χ4v) is 0.903. The van der Waals surface area contributed by atoms with Crippen LogP contribution in [-0.2, 0) is 4.79 Å². The molecule has 0 spiro atoms. The zero-order valence-electron chi connectivity index (χ0n) is 6.91. The second-order valence-electron chi connectivity index (χ2n) is 2.58. The number of aliphatic hydroxyl groups excluding tert-OH is 1. The lowest BCUT2D eigenvalue weighted by atomic mass is 10.1. The number of aliphatic hydroxyl groups is 1. The Labute approximate surface area is 78.4 Å². The van der Waals surface area contributed by atoms with Crippen molar-refractivity contribution in [1.29, 1.82) is 0 Å². The molecular formula is C8H7NO5. The van der Waals surface area contributed by atoms with Crippen LogP contribution >= 0.6 is 0 Å². The molecule has 1 atom stereocenters. The lowest BCUT2D eigenvalue weighted by molar-refractivity contribution is -0.126. The maximum absolute atomic E-state index is 10.6. The number of amides is 1. The predicted octanol–water partition coefficient (Wildman–Crippen LogP) is 0.424. The van der Waals surface area contributed by atoms with Crippen molar-refractivity contribution in [2.24, 2.45) is 5.18 Å². The molecule has 1 rings (SSSR count). The number of aromatic hydroxyl groups is 2. The van der Waals surface area contributed by atoms with Gasteiger partial charge in [0.2, 0.25) is 0 Å². The van der Waals surface area contributed by atoms with E-state index in [0.29, 0.717) is 0 Å². The van der Waals surface area contributed by atoms with E-state index in [2.05, 4.69) is 0 Å². The van der Waals surface area contributed by atoms with E-state index >= 15 is 0 Å². The first kappa shape index (κ1) is 10.1. The number of carbonyl (C=O) groups is 1. The van der Waals surface area contributed by atoms with Crippen molar-refractivity contribution in [2.45, 2.75) is 6.10 Å². The van der Waals surface area contributed by atoms with Gasteiger partial charge in [0.25, 0.3) is 0 Å². The third-order valence-electron chi connectivity index (χ3n) is 1.64. The van der Waals surface area contributed by atoms with Crippen molar-refractivity contribution >= 4 is 5.91 Å². The van der Waals surface area contributed by atoms with Gasteiger partial charge in [-0.2, -0.15) is 0 Å². The molecule has 6 heteroatoms. The quantitative estimate of drug-likeness (QED) is 0.470. The molecule has 0 aliphatic rings. The van der Waals surface area contributed by atoms with E-state index in [1.807, 2.05) is 5.18 Å². The summed E-state index contributed by atoms with van der Waals surface area (Å²) in [7, 11) is 0. The van der Waals surface area contributed by atoms with E-state index in [1.165, 1.54) is 6.07 Å². The van der Waals surface area contributed by atoms with Gasteiger partial charge in [-0.05, 0) is 17.7 Å². The molecule has 0 aliphatic carbocycles. The van der Waals surface area contributed by atoms with Crippen molar-refractivity contribution in [3.8, 4) is 11.5 Å². The zero-order chi connectivity index (χ0) is 10.7. The van der Waals surface area contributed by atoms with Crippen molar-refractivity contribution in [3.05, 3.63) is 28.7 Å². The van der Waals surface area contributed by atoms with Gasteiger partial charge in [0, 0.05) is 5.18 Å². The van der Waals surface area contributed by atoms with Gasteiger partial charge in [0.15, 0.2) is 17.6 Å². The summed E-state index contributed by atoms with van der Waals surface area (Å²) in [5.41, 5.74) is -0.00935. The maximum atomic E-state index is 10.6. The van der Waals surface area contributed by atoms with Gasteiger partial charge < -0.3 is 15.3 Å². The summed E-state index contributed by atoms with van der Waals surface area (Å²) in [6.45, 7) is 0. The van der Waals surface area contributed by atoms with E-state index < -0.39 is 17.8 Å². The van der Waals surface area contributed by atoms with Crippen LogP contribution in [0.4, 0.5) is 0 Å². The highest BCUT2D eigenvalue weighted by Crippen LogP contribution is 2.28. The van der Waals surface area contributed by atoms with Gasteiger partial charge >= 0.3 is 5.91 Å². The van der Waals surface area contributed by atoms with Gasteiger partial charge in [-0.25, -0.2) is 0 Å². The summed E-state index contributed by atoms with van der Waals surface area (Å²) >= 11 is 0. The minimum absolute atomic E-state index is 0.00935. The predicted molar refractivity (Wildman–Crippen MR) is 45.5 cm³/mol. The molecule has 1 amide bonds. The number of nitroso groups, excluding NO2 is 1. The Morgan fingerprint density at radius 2 is 1.93 bits per heavy atom. The number of phenolic OH excluding ortho intramolecular Hbond substituents is 2. The number of phenols is 2. The molecule has 0 fully saturated rings. The Bertz CT molecular complexity index is 376. The highest BCUT2D eigenvalue weighted by molar-refractivity contribution is 5.82.